The van der Waals surface area contributed by atoms with Gasteiger partial charge in [-0.3, -0.25) is 0 Å². The molecule has 0 aromatic carbocycles. The zero-order valence-electron chi connectivity index (χ0n) is 10.6. The Kier molecular flexibility index (Phi) is 12.8. The number of halogens is 1. The van der Waals surface area contributed by atoms with Gasteiger partial charge < -0.3 is 9.84 Å². The molecule has 1 N–H and O–H groups in total. The first-order chi connectivity index (χ1) is 7.81. The van der Waals surface area contributed by atoms with E-state index in [1.54, 1.807) is 7.11 Å². The van der Waals surface area contributed by atoms with Crippen molar-refractivity contribution in [3.63, 3.8) is 0 Å². The van der Waals surface area contributed by atoms with Crippen molar-refractivity contribution in [1.82, 2.24) is 0 Å². The molecule has 0 saturated carbocycles. The molecule has 0 saturated heterocycles. The van der Waals surface area contributed by atoms with E-state index >= 15 is 0 Å². The summed E-state index contributed by atoms with van der Waals surface area (Å²) in [4.78, 5) is 0. The Morgan fingerprint density at radius 2 is 1.44 bits per heavy atom. The third-order valence-corrected chi connectivity index (χ3v) is 2.81. The molecule has 0 aliphatic rings. The third kappa shape index (κ3) is 11.9. The second-order valence-corrected chi connectivity index (χ2v) is 4.39. The molecule has 0 aromatic rings. The molecule has 2 nitrogen and oxygen atoms in total. The van der Waals surface area contributed by atoms with Gasteiger partial charge in [-0.25, -0.2) is 4.39 Å². The summed E-state index contributed by atoms with van der Waals surface area (Å²) < 4.78 is 17.6. The van der Waals surface area contributed by atoms with Crippen LogP contribution < -0.4 is 0 Å². The van der Waals surface area contributed by atoms with E-state index < -0.39 is 6.17 Å². The summed E-state index contributed by atoms with van der Waals surface area (Å²) in [5.41, 5.74) is 0. The maximum Gasteiger partial charge on any atom is 0.123 e. The normalized spacial score (nSPS) is 12.9. The minimum Gasteiger partial charge on any atom is -0.393 e. The predicted octanol–water partition coefficient (Wildman–Crippen LogP) is 3.47. The fourth-order valence-electron chi connectivity index (χ4n) is 1.76. The van der Waals surface area contributed by atoms with Gasteiger partial charge in [0.05, 0.1) is 6.61 Å². The van der Waals surface area contributed by atoms with Gasteiger partial charge in [0.1, 0.15) is 6.17 Å². The van der Waals surface area contributed by atoms with Gasteiger partial charge in [0.25, 0.3) is 0 Å². The Balaban J connectivity index is 2.93. The number of rotatable bonds is 12. The Morgan fingerprint density at radius 3 is 1.94 bits per heavy atom. The van der Waals surface area contributed by atoms with Crippen LogP contribution in [-0.4, -0.2) is 31.6 Å². The van der Waals surface area contributed by atoms with E-state index in [9.17, 15) is 4.39 Å². The first kappa shape index (κ1) is 15.9. The molecule has 0 amide bonds. The van der Waals surface area contributed by atoms with Crippen LogP contribution in [0.25, 0.3) is 0 Å². The summed E-state index contributed by atoms with van der Waals surface area (Å²) in [6.45, 7) is 0.554. The van der Waals surface area contributed by atoms with Gasteiger partial charge in [-0.05, 0) is 12.8 Å². The summed E-state index contributed by atoms with van der Waals surface area (Å²) >= 11 is 0. The molecule has 0 aromatic heterocycles. The van der Waals surface area contributed by atoms with Gasteiger partial charge in [-0.1, -0.05) is 44.9 Å². The van der Waals surface area contributed by atoms with Crippen molar-refractivity contribution in [2.75, 3.05) is 20.3 Å². The van der Waals surface area contributed by atoms with Gasteiger partial charge in [-0.2, -0.15) is 0 Å². The summed E-state index contributed by atoms with van der Waals surface area (Å²) in [5.74, 6) is 0. The number of hydrogen-bond donors (Lipinski definition) is 1. The van der Waals surface area contributed by atoms with Crippen LogP contribution in [0.5, 0.6) is 0 Å². The number of methoxy groups -OCH3 is 1. The summed E-state index contributed by atoms with van der Waals surface area (Å²) in [6.07, 6.45) is 8.95. The molecular formula is C13H27FO2. The standard InChI is InChI=1S/C13H27FO2/c1-16-11-9-7-5-3-2-4-6-8-10-13(14)12-15/h13,15H,2-12H2,1H3. The minimum atomic E-state index is -1.01. The van der Waals surface area contributed by atoms with Crippen LogP contribution in [-0.2, 0) is 4.74 Å². The second kappa shape index (κ2) is 12.9. The van der Waals surface area contributed by atoms with Gasteiger partial charge >= 0.3 is 0 Å². The van der Waals surface area contributed by atoms with Crippen molar-refractivity contribution >= 4 is 0 Å². The van der Waals surface area contributed by atoms with E-state index in [1.165, 1.54) is 32.1 Å². The van der Waals surface area contributed by atoms with Gasteiger partial charge in [-0.15, -0.1) is 0 Å². The van der Waals surface area contributed by atoms with Crippen LogP contribution in [0.3, 0.4) is 0 Å². The first-order valence-corrected chi connectivity index (χ1v) is 6.55. The Morgan fingerprint density at radius 1 is 0.938 bits per heavy atom. The number of ether oxygens (including phenoxy) is 1. The number of alkyl halides is 1. The molecule has 98 valence electrons. The lowest BCUT2D eigenvalue weighted by Crippen LogP contribution is -2.04. The summed E-state index contributed by atoms with van der Waals surface area (Å²) in [7, 11) is 1.74. The van der Waals surface area contributed by atoms with E-state index in [0.29, 0.717) is 6.42 Å². The molecule has 0 aliphatic heterocycles. The molecule has 0 heterocycles. The highest BCUT2D eigenvalue weighted by Crippen LogP contribution is 2.11. The fourth-order valence-corrected chi connectivity index (χ4v) is 1.76. The molecule has 1 unspecified atom stereocenters. The van der Waals surface area contributed by atoms with Crippen molar-refractivity contribution < 1.29 is 14.2 Å². The Labute approximate surface area is 99.2 Å². The molecule has 0 fully saturated rings. The highest BCUT2D eigenvalue weighted by molar-refractivity contribution is 4.54. The summed E-state index contributed by atoms with van der Waals surface area (Å²) in [5, 5.41) is 8.49. The number of unbranched alkanes of at least 4 members (excludes halogenated alkanes) is 7. The molecule has 16 heavy (non-hydrogen) atoms. The number of aliphatic hydroxyl groups is 1. The van der Waals surface area contributed by atoms with Crippen molar-refractivity contribution in [3.8, 4) is 0 Å². The maximum absolute atomic E-state index is 12.6. The molecule has 0 spiro atoms. The number of hydrogen-bond acceptors (Lipinski definition) is 2. The van der Waals surface area contributed by atoms with E-state index in [0.717, 1.165) is 25.9 Å². The van der Waals surface area contributed by atoms with Crippen LogP contribution in [0.2, 0.25) is 0 Å². The first-order valence-electron chi connectivity index (χ1n) is 6.55. The lowest BCUT2D eigenvalue weighted by molar-refractivity contribution is 0.167. The van der Waals surface area contributed by atoms with E-state index in [4.69, 9.17) is 9.84 Å². The quantitative estimate of drug-likeness (QED) is 0.524. The van der Waals surface area contributed by atoms with Crippen molar-refractivity contribution in [3.05, 3.63) is 0 Å². The zero-order valence-corrected chi connectivity index (χ0v) is 10.6. The van der Waals surface area contributed by atoms with E-state index in [2.05, 4.69) is 0 Å². The van der Waals surface area contributed by atoms with Crippen LogP contribution in [0.1, 0.15) is 57.8 Å². The SMILES string of the molecule is COCCCCCCCCCCC(F)CO. The Hall–Kier alpha value is -0.150. The monoisotopic (exact) mass is 234 g/mol. The lowest BCUT2D eigenvalue weighted by atomic mass is 10.1. The van der Waals surface area contributed by atoms with Crippen LogP contribution in [0, 0.1) is 0 Å². The molecular weight excluding hydrogens is 207 g/mol. The van der Waals surface area contributed by atoms with Gasteiger partial charge in [0, 0.05) is 13.7 Å². The van der Waals surface area contributed by atoms with Crippen molar-refractivity contribution in [2.45, 2.75) is 64.0 Å². The predicted molar refractivity (Wildman–Crippen MR) is 65.4 cm³/mol. The largest absolute Gasteiger partial charge is 0.393 e. The van der Waals surface area contributed by atoms with Gasteiger partial charge in [0.15, 0.2) is 0 Å². The molecule has 0 bridgehead atoms. The fraction of sp³-hybridized carbons (Fsp3) is 1.00. The van der Waals surface area contributed by atoms with Gasteiger partial charge in [0.2, 0.25) is 0 Å². The highest BCUT2D eigenvalue weighted by atomic mass is 19.1. The molecule has 1 atom stereocenters. The van der Waals surface area contributed by atoms with Crippen molar-refractivity contribution in [2.24, 2.45) is 0 Å². The average molecular weight is 234 g/mol. The summed E-state index contributed by atoms with van der Waals surface area (Å²) in [6, 6.07) is 0. The topological polar surface area (TPSA) is 29.5 Å². The average Bonchev–Trinajstić information content (AvgIpc) is 2.31. The van der Waals surface area contributed by atoms with Crippen molar-refractivity contribution in [1.29, 1.82) is 0 Å². The molecule has 0 rings (SSSR count). The molecule has 3 heteroatoms. The highest BCUT2D eigenvalue weighted by Gasteiger charge is 2.02. The molecule has 0 radical (unpaired) electrons. The lowest BCUT2D eigenvalue weighted by Gasteiger charge is -2.04. The van der Waals surface area contributed by atoms with Crippen LogP contribution >= 0.6 is 0 Å². The Bertz CT molecular complexity index is 131. The minimum absolute atomic E-state index is 0.320. The second-order valence-electron chi connectivity index (χ2n) is 4.39. The maximum atomic E-state index is 12.6. The number of aliphatic hydroxyl groups excluding tert-OH is 1. The zero-order chi connectivity index (χ0) is 12.1. The van der Waals surface area contributed by atoms with E-state index in [1.807, 2.05) is 0 Å². The molecule has 0 aliphatic carbocycles. The van der Waals surface area contributed by atoms with Crippen LogP contribution in [0.4, 0.5) is 4.39 Å². The third-order valence-electron chi connectivity index (χ3n) is 2.81. The van der Waals surface area contributed by atoms with Crippen LogP contribution in [0.15, 0.2) is 0 Å². The smallest absolute Gasteiger partial charge is 0.123 e. The van der Waals surface area contributed by atoms with E-state index in [-0.39, 0.29) is 6.61 Å².